The van der Waals surface area contributed by atoms with Gasteiger partial charge in [0.25, 0.3) is 0 Å². The maximum Gasteiger partial charge on any atom is 0.0482 e. The summed E-state index contributed by atoms with van der Waals surface area (Å²) in [6.45, 7) is 8.62. The second-order valence-electron chi connectivity index (χ2n) is 5.97. The van der Waals surface area contributed by atoms with Crippen molar-refractivity contribution in [2.75, 3.05) is 13.1 Å². The molecule has 1 aliphatic rings. The van der Waals surface area contributed by atoms with E-state index in [1.807, 2.05) is 6.92 Å². The van der Waals surface area contributed by atoms with Gasteiger partial charge < -0.3 is 5.73 Å². The molecule has 1 atom stereocenters. The highest BCUT2D eigenvalue weighted by atomic mass is 35.5. The Kier molecular flexibility index (Phi) is 5.11. The molecular formula is C17H27ClN2. The summed E-state index contributed by atoms with van der Waals surface area (Å²) in [5, 5.41) is 0.825. The smallest absolute Gasteiger partial charge is 0.0482 e. The third-order valence-corrected chi connectivity index (χ3v) is 5.40. The van der Waals surface area contributed by atoms with E-state index in [0.717, 1.165) is 23.7 Å². The van der Waals surface area contributed by atoms with E-state index in [9.17, 15) is 0 Å². The molecule has 3 heteroatoms. The third-order valence-electron chi connectivity index (χ3n) is 5.00. The maximum atomic E-state index is 6.71. The van der Waals surface area contributed by atoms with Crippen molar-refractivity contribution in [1.82, 2.24) is 4.90 Å². The number of nitrogens with zero attached hydrogens (tertiary/aromatic N) is 1. The van der Waals surface area contributed by atoms with Crippen molar-refractivity contribution >= 4 is 11.6 Å². The number of benzene rings is 1. The van der Waals surface area contributed by atoms with Gasteiger partial charge in [0.15, 0.2) is 0 Å². The van der Waals surface area contributed by atoms with E-state index in [1.165, 1.54) is 31.2 Å². The number of likely N-dealkylation sites (N-methyl/N-ethyl adjacent to an activating group) is 1. The summed E-state index contributed by atoms with van der Waals surface area (Å²) in [7, 11) is 0. The Balaban J connectivity index is 2.35. The number of hydrogen-bond acceptors (Lipinski definition) is 2. The van der Waals surface area contributed by atoms with Crippen LogP contribution in [0.15, 0.2) is 18.2 Å². The topological polar surface area (TPSA) is 29.3 Å². The highest BCUT2D eigenvalue weighted by molar-refractivity contribution is 6.31. The van der Waals surface area contributed by atoms with E-state index in [-0.39, 0.29) is 11.6 Å². The summed E-state index contributed by atoms with van der Waals surface area (Å²) in [6.07, 6.45) is 4.95. The minimum absolute atomic E-state index is 0.0444. The fraction of sp³-hybridized carbons (Fsp3) is 0.647. The van der Waals surface area contributed by atoms with Crippen molar-refractivity contribution in [1.29, 1.82) is 0 Å². The van der Waals surface area contributed by atoms with Gasteiger partial charge in [-0.1, -0.05) is 50.4 Å². The summed E-state index contributed by atoms with van der Waals surface area (Å²) in [6, 6.07) is 6.34. The van der Waals surface area contributed by atoms with Gasteiger partial charge in [-0.2, -0.15) is 0 Å². The Bertz CT molecular complexity index is 448. The molecule has 2 rings (SSSR count). The second-order valence-corrected chi connectivity index (χ2v) is 6.38. The average molecular weight is 295 g/mol. The van der Waals surface area contributed by atoms with Gasteiger partial charge in [0.1, 0.15) is 0 Å². The lowest BCUT2D eigenvalue weighted by Gasteiger charge is -2.45. The number of halogens is 1. The van der Waals surface area contributed by atoms with Crippen molar-refractivity contribution in [3.05, 3.63) is 34.3 Å². The third kappa shape index (κ3) is 2.74. The van der Waals surface area contributed by atoms with E-state index in [2.05, 4.69) is 36.9 Å². The first-order valence-corrected chi connectivity index (χ1v) is 8.19. The standard InChI is InChI=1S/C17H27ClN2/c1-4-20(5-2)17(10-6-7-11-17)16(19)14-9-8-13(3)15(18)12-14/h8-9,12,16H,4-7,10-11,19H2,1-3H3. The maximum absolute atomic E-state index is 6.71. The van der Waals surface area contributed by atoms with Crippen LogP contribution in [-0.4, -0.2) is 23.5 Å². The van der Waals surface area contributed by atoms with Gasteiger partial charge in [0.05, 0.1) is 0 Å². The SMILES string of the molecule is CCN(CC)C1(C(N)c2ccc(C)c(Cl)c2)CCCC1. The molecule has 2 N–H and O–H groups in total. The molecule has 0 radical (unpaired) electrons. The quantitative estimate of drug-likeness (QED) is 0.877. The van der Waals surface area contributed by atoms with Crippen LogP contribution in [0, 0.1) is 6.92 Å². The minimum Gasteiger partial charge on any atom is -0.322 e. The normalized spacial score (nSPS) is 19.5. The molecular weight excluding hydrogens is 268 g/mol. The van der Waals surface area contributed by atoms with Crippen molar-refractivity contribution in [3.8, 4) is 0 Å². The van der Waals surface area contributed by atoms with E-state index in [4.69, 9.17) is 17.3 Å². The van der Waals surface area contributed by atoms with Crippen LogP contribution < -0.4 is 5.73 Å². The Morgan fingerprint density at radius 1 is 1.25 bits per heavy atom. The molecule has 0 amide bonds. The van der Waals surface area contributed by atoms with Crippen LogP contribution in [-0.2, 0) is 0 Å². The largest absolute Gasteiger partial charge is 0.322 e. The second kappa shape index (κ2) is 6.46. The first kappa shape index (κ1) is 15.8. The van der Waals surface area contributed by atoms with Gasteiger partial charge in [-0.25, -0.2) is 0 Å². The molecule has 0 saturated heterocycles. The highest BCUT2D eigenvalue weighted by Gasteiger charge is 2.43. The monoisotopic (exact) mass is 294 g/mol. The van der Waals surface area contributed by atoms with E-state index in [1.54, 1.807) is 0 Å². The van der Waals surface area contributed by atoms with E-state index >= 15 is 0 Å². The van der Waals surface area contributed by atoms with Crippen LogP contribution in [0.3, 0.4) is 0 Å². The fourth-order valence-corrected chi connectivity index (χ4v) is 3.97. The van der Waals surface area contributed by atoms with Crippen LogP contribution >= 0.6 is 11.6 Å². The summed E-state index contributed by atoms with van der Waals surface area (Å²) in [4.78, 5) is 2.55. The van der Waals surface area contributed by atoms with Crippen molar-refractivity contribution in [2.24, 2.45) is 5.73 Å². The molecule has 1 aromatic rings. The van der Waals surface area contributed by atoms with Gasteiger partial charge in [0.2, 0.25) is 0 Å². The number of aryl methyl sites for hydroxylation is 1. The first-order chi connectivity index (χ1) is 9.55. The van der Waals surface area contributed by atoms with Crippen LogP contribution in [0.4, 0.5) is 0 Å². The Hall–Kier alpha value is -0.570. The van der Waals surface area contributed by atoms with E-state index < -0.39 is 0 Å². The van der Waals surface area contributed by atoms with Crippen LogP contribution in [0.2, 0.25) is 5.02 Å². The number of rotatable bonds is 5. The number of nitrogens with two attached hydrogens (primary N) is 1. The highest BCUT2D eigenvalue weighted by Crippen LogP contribution is 2.43. The molecule has 0 aromatic heterocycles. The average Bonchev–Trinajstić information content (AvgIpc) is 2.93. The van der Waals surface area contributed by atoms with Crippen LogP contribution in [0.25, 0.3) is 0 Å². The summed E-state index contributed by atoms with van der Waals surface area (Å²) >= 11 is 6.29. The lowest BCUT2D eigenvalue weighted by atomic mass is 9.82. The fourth-order valence-electron chi connectivity index (χ4n) is 3.78. The molecule has 0 aliphatic heterocycles. The van der Waals surface area contributed by atoms with Gasteiger partial charge in [-0.3, -0.25) is 4.90 Å². The molecule has 112 valence electrons. The lowest BCUT2D eigenvalue weighted by Crippen LogP contribution is -2.53. The van der Waals surface area contributed by atoms with Crippen molar-refractivity contribution < 1.29 is 0 Å². The molecule has 0 bridgehead atoms. The Morgan fingerprint density at radius 2 is 1.85 bits per heavy atom. The lowest BCUT2D eigenvalue weighted by molar-refractivity contribution is 0.0770. The molecule has 1 saturated carbocycles. The van der Waals surface area contributed by atoms with Crippen molar-refractivity contribution in [3.63, 3.8) is 0 Å². The molecule has 0 spiro atoms. The summed E-state index contributed by atoms with van der Waals surface area (Å²) in [5.41, 5.74) is 9.11. The zero-order valence-corrected chi connectivity index (χ0v) is 13.7. The molecule has 0 heterocycles. The predicted octanol–water partition coefficient (Wildman–Crippen LogP) is 4.30. The molecule has 1 aliphatic carbocycles. The zero-order chi connectivity index (χ0) is 14.8. The van der Waals surface area contributed by atoms with Gasteiger partial charge in [0, 0.05) is 16.6 Å². The molecule has 1 fully saturated rings. The van der Waals surface area contributed by atoms with Crippen LogP contribution in [0.1, 0.15) is 56.7 Å². The zero-order valence-electron chi connectivity index (χ0n) is 13.0. The summed E-state index contributed by atoms with van der Waals surface area (Å²) in [5.74, 6) is 0. The molecule has 2 nitrogen and oxygen atoms in total. The molecule has 20 heavy (non-hydrogen) atoms. The van der Waals surface area contributed by atoms with E-state index in [0.29, 0.717) is 0 Å². The summed E-state index contributed by atoms with van der Waals surface area (Å²) < 4.78 is 0. The van der Waals surface area contributed by atoms with Gasteiger partial charge in [-0.05, 0) is 50.0 Å². The molecule has 1 unspecified atom stereocenters. The number of hydrogen-bond donors (Lipinski definition) is 1. The molecule has 1 aromatic carbocycles. The Morgan fingerprint density at radius 3 is 2.35 bits per heavy atom. The predicted molar refractivity (Wildman–Crippen MR) is 87.2 cm³/mol. The minimum atomic E-state index is 0.0444. The van der Waals surface area contributed by atoms with Crippen molar-refractivity contribution in [2.45, 2.75) is 58.0 Å². The van der Waals surface area contributed by atoms with Gasteiger partial charge in [-0.15, -0.1) is 0 Å². The van der Waals surface area contributed by atoms with Gasteiger partial charge >= 0.3 is 0 Å². The first-order valence-electron chi connectivity index (χ1n) is 7.82. The van der Waals surface area contributed by atoms with Crippen LogP contribution in [0.5, 0.6) is 0 Å². The Labute approximate surface area is 128 Å².